The topological polar surface area (TPSA) is 32.3 Å². The van der Waals surface area contributed by atoms with Crippen LogP contribution in [-0.2, 0) is 4.79 Å². The Morgan fingerprint density at radius 2 is 2.33 bits per heavy atom. The summed E-state index contributed by atoms with van der Waals surface area (Å²) in [7, 11) is 0. The van der Waals surface area contributed by atoms with E-state index in [4.69, 9.17) is 0 Å². The van der Waals surface area contributed by atoms with Gasteiger partial charge in [0.1, 0.15) is 0 Å². The van der Waals surface area contributed by atoms with Crippen molar-refractivity contribution in [2.75, 3.05) is 25.4 Å². The highest BCUT2D eigenvalue weighted by Gasteiger charge is 2.44. The zero-order chi connectivity index (χ0) is 12.5. The van der Waals surface area contributed by atoms with Gasteiger partial charge in [-0.1, -0.05) is 13.3 Å². The van der Waals surface area contributed by atoms with E-state index in [1.807, 2.05) is 11.8 Å². The number of nitrogens with one attached hydrogen (secondary N) is 1. The number of carbonyl (C=O) groups excluding carboxylic acids is 1. The van der Waals surface area contributed by atoms with Gasteiger partial charge in [-0.3, -0.25) is 4.79 Å². The molecular weight excluding hydrogens is 244 g/mol. The first-order valence-electron chi connectivity index (χ1n) is 7.43. The summed E-state index contributed by atoms with van der Waals surface area (Å²) in [6.45, 7) is 5.22. The summed E-state index contributed by atoms with van der Waals surface area (Å²) in [6.07, 6.45) is 5.09. The van der Waals surface area contributed by atoms with E-state index in [-0.39, 0.29) is 6.04 Å². The molecule has 2 heterocycles. The highest BCUT2D eigenvalue weighted by atomic mass is 32.2. The Balaban J connectivity index is 1.63. The molecule has 3 aliphatic rings. The third-order valence-electron chi connectivity index (χ3n) is 4.92. The number of hydrogen-bond donors (Lipinski definition) is 1. The SMILES string of the molecule is CCC1CN(C(=O)C2NCC3CCCC32)CCS1. The van der Waals surface area contributed by atoms with Crippen LogP contribution in [0.5, 0.6) is 0 Å². The summed E-state index contributed by atoms with van der Waals surface area (Å²) in [6, 6.07) is 0.137. The maximum absolute atomic E-state index is 12.7. The standard InChI is InChI=1S/C14H24N2OS/c1-2-11-9-16(6-7-18-11)14(17)13-12-5-3-4-10(12)8-15-13/h10-13,15H,2-9H2,1H3. The molecule has 2 saturated heterocycles. The van der Waals surface area contributed by atoms with Crippen molar-refractivity contribution in [1.29, 1.82) is 0 Å². The Morgan fingerprint density at radius 1 is 1.44 bits per heavy atom. The van der Waals surface area contributed by atoms with Crippen molar-refractivity contribution < 1.29 is 4.79 Å². The molecule has 4 heteroatoms. The van der Waals surface area contributed by atoms with Gasteiger partial charge in [0, 0.05) is 24.1 Å². The molecule has 2 aliphatic heterocycles. The number of fused-ring (bicyclic) bond motifs is 1. The number of thioether (sulfide) groups is 1. The molecule has 102 valence electrons. The molecule has 1 saturated carbocycles. The minimum atomic E-state index is 0.137. The minimum absolute atomic E-state index is 0.137. The number of rotatable bonds is 2. The van der Waals surface area contributed by atoms with E-state index in [0.29, 0.717) is 17.1 Å². The van der Waals surface area contributed by atoms with E-state index >= 15 is 0 Å². The van der Waals surface area contributed by atoms with Crippen LogP contribution < -0.4 is 5.32 Å². The quantitative estimate of drug-likeness (QED) is 0.828. The molecule has 3 fully saturated rings. The van der Waals surface area contributed by atoms with Gasteiger partial charge in [0.2, 0.25) is 5.91 Å². The Hall–Kier alpha value is -0.220. The second kappa shape index (κ2) is 5.41. The lowest BCUT2D eigenvalue weighted by Crippen LogP contribution is -2.50. The van der Waals surface area contributed by atoms with Gasteiger partial charge in [-0.2, -0.15) is 11.8 Å². The maximum atomic E-state index is 12.7. The third kappa shape index (κ3) is 2.29. The molecule has 4 atom stereocenters. The van der Waals surface area contributed by atoms with Crippen molar-refractivity contribution in [3.63, 3.8) is 0 Å². The van der Waals surface area contributed by atoms with Crippen LogP contribution in [0.1, 0.15) is 32.6 Å². The van der Waals surface area contributed by atoms with E-state index in [1.165, 1.54) is 25.7 Å². The van der Waals surface area contributed by atoms with E-state index in [0.717, 1.165) is 31.3 Å². The van der Waals surface area contributed by atoms with E-state index in [2.05, 4.69) is 17.1 Å². The first kappa shape index (κ1) is 12.8. The fourth-order valence-electron chi connectivity index (χ4n) is 3.82. The third-order valence-corrected chi connectivity index (χ3v) is 6.29. The summed E-state index contributed by atoms with van der Waals surface area (Å²) < 4.78 is 0. The van der Waals surface area contributed by atoms with Gasteiger partial charge in [-0.05, 0) is 37.6 Å². The molecular formula is C14H24N2OS. The van der Waals surface area contributed by atoms with Gasteiger partial charge in [-0.25, -0.2) is 0 Å². The molecule has 1 amide bonds. The number of nitrogens with zero attached hydrogens (tertiary/aromatic N) is 1. The van der Waals surface area contributed by atoms with Crippen molar-refractivity contribution >= 4 is 17.7 Å². The normalized spacial score (nSPS) is 39.9. The fraction of sp³-hybridized carbons (Fsp3) is 0.929. The largest absolute Gasteiger partial charge is 0.339 e. The molecule has 4 unspecified atom stereocenters. The van der Waals surface area contributed by atoms with Crippen molar-refractivity contribution in [1.82, 2.24) is 10.2 Å². The average molecular weight is 268 g/mol. The zero-order valence-corrected chi connectivity index (χ0v) is 12.0. The second-order valence-corrected chi connectivity index (χ2v) is 7.33. The van der Waals surface area contributed by atoms with Gasteiger partial charge in [-0.15, -0.1) is 0 Å². The second-order valence-electron chi connectivity index (χ2n) is 5.93. The van der Waals surface area contributed by atoms with Crippen LogP contribution in [-0.4, -0.2) is 47.5 Å². The van der Waals surface area contributed by atoms with Crippen molar-refractivity contribution in [3.8, 4) is 0 Å². The number of hydrogen-bond acceptors (Lipinski definition) is 3. The molecule has 18 heavy (non-hydrogen) atoms. The molecule has 1 aliphatic carbocycles. The summed E-state index contributed by atoms with van der Waals surface area (Å²) in [4.78, 5) is 14.8. The van der Waals surface area contributed by atoms with Crippen molar-refractivity contribution in [2.45, 2.75) is 43.9 Å². The zero-order valence-electron chi connectivity index (χ0n) is 11.2. The predicted octanol–water partition coefficient (Wildman–Crippen LogP) is 1.73. The lowest BCUT2D eigenvalue weighted by Gasteiger charge is -2.34. The van der Waals surface area contributed by atoms with Gasteiger partial charge >= 0.3 is 0 Å². The predicted molar refractivity (Wildman–Crippen MR) is 75.7 cm³/mol. The van der Waals surface area contributed by atoms with Crippen LogP contribution in [0.15, 0.2) is 0 Å². The average Bonchev–Trinajstić information content (AvgIpc) is 3.00. The van der Waals surface area contributed by atoms with Gasteiger partial charge in [0.25, 0.3) is 0 Å². The molecule has 3 nitrogen and oxygen atoms in total. The highest BCUT2D eigenvalue weighted by molar-refractivity contribution is 8.00. The van der Waals surface area contributed by atoms with Crippen LogP contribution in [0.4, 0.5) is 0 Å². The molecule has 0 aromatic rings. The van der Waals surface area contributed by atoms with Crippen LogP contribution in [0, 0.1) is 11.8 Å². The van der Waals surface area contributed by atoms with Crippen LogP contribution in [0.25, 0.3) is 0 Å². The Labute approximate surface area is 114 Å². The highest BCUT2D eigenvalue weighted by Crippen LogP contribution is 2.38. The van der Waals surface area contributed by atoms with E-state index in [1.54, 1.807) is 0 Å². The van der Waals surface area contributed by atoms with Crippen LogP contribution in [0.2, 0.25) is 0 Å². The maximum Gasteiger partial charge on any atom is 0.240 e. The molecule has 0 aromatic carbocycles. The molecule has 1 N–H and O–H groups in total. The van der Waals surface area contributed by atoms with Gasteiger partial charge in [0.05, 0.1) is 6.04 Å². The molecule has 0 bridgehead atoms. The Bertz CT molecular complexity index is 323. The van der Waals surface area contributed by atoms with Crippen LogP contribution >= 0.6 is 11.8 Å². The first-order valence-corrected chi connectivity index (χ1v) is 8.48. The Morgan fingerprint density at radius 3 is 3.17 bits per heavy atom. The Kier molecular flexibility index (Phi) is 3.85. The summed E-state index contributed by atoms with van der Waals surface area (Å²) in [5.41, 5.74) is 0. The molecule has 0 aromatic heterocycles. The molecule has 3 rings (SSSR count). The smallest absolute Gasteiger partial charge is 0.240 e. The number of amides is 1. The van der Waals surface area contributed by atoms with Gasteiger partial charge < -0.3 is 10.2 Å². The minimum Gasteiger partial charge on any atom is -0.339 e. The lowest BCUT2D eigenvalue weighted by molar-refractivity contribution is -0.134. The molecule has 0 radical (unpaired) electrons. The van der Waals surface area contributed by atoms with E-state index < -0.39 is 0 Å². The first-order chi connectivity index (χ1) is 8.79. The monoisotopic (exact) mass is 268 g/mol. The summed E-state index contributed by atoms with van der Waals surface area (Å²) in [5, 5.41) is 4.15. The fourth-order valence-corrected chi connectivity index (χ4v) is 5.00. The number of carbonyl (C=O) groups is 1. The van der Waals surface area contributed by atoms with Crippen molar-refractivity contribution in [2.24, 2.45) is 11.8 Å². The summed E-state index contributed by atoms with van der Waals surface area (Å²) >= 11 is 2.03. The van der Waals surface area contributed by atoms with E-state index in [9.17, 15) is 4.79 Å². The lowest BCUT2D eigenvalue weighted by atomic mass is 9.93. The molecule has 0 spiro atoms. The van der Waals surface area contributed by atoms with Gasteiger partial charge in [0.15, 0.2) is 0 Å². The summed E-state index contributed by atoms with van der Waals surface area (Å²) in [5.74, 6) is 2.92. The van der Waals surface area contributed by atoms with Crippen LogP contribution in [0.3, 0.4) is 0 Å². The van der Waals surface area contributed by atoms with Crippen molar-refractivity contribution in [3.05, 3.63) is 0 Å².